The van der Waals surface area contributed by atoms with Gasteiger partial charge in [-0.3, -0.25) is 0 Å². The average Bonchev–Trinajstić information content (AvgIpc) is 2.92. The highest BCUT2D eigenvalue weighted by atomic mass is 16.6. The molecule has 0 radical (unpaired) electrons. The van der Waals surface area contributed by atoms with Crippen LogP contribution < -0.4 is 10.6 Å². The number of carbonyl (C=O) groups excluding carboxylic acids is 1. The highest BCUT2D eigenvalue weighted by Gasteiger charge is 2.18. The van der Waals surface area contributed by atoms with Gasteiger partial charge in [0.05, 0.1) is 6.33 Å². The molecule has 1 rings (SSSR count). The van der Waals surface area contributed by atoms with Crippen LogP contribution in [0.15, 0.2) is 18.7 Å². The van der Waals surface area contributed by atoms with Crippen molar-refractivity contribution in [2.45, 2.75) is 53.2 Å². The Kier molecular flexibility index (Phi) is 8.09. The van der Waals surface area contributed by atoms with E-state index in [0.29, 0.717) is 18.4 Å². The maximum absolute atomic E-state index is 11.7. The van der Waals surface area contributed by atoms with Gasteiger partial charge >= 0.3 is 6.09 Å². The number of rotatable bonds is 9. The molecule has 1 aromatic rings. The number of aromatic nitrogens is 2. The molecular weight excluding hydrogens is 292 g/mol. The van der Waals surface area contributed by atoms with Crippen molar-refractivity contribution < 1.29 is 9.53 Å². The first-order chi connectivity index (χ1) is 10.8. The number of nitrogens with one attached hydrogen (secondary N) is 2. The molecule has 0 aliphatic heterocycles. The molecule has 0 saturated heterocycles. The molecule has 0 aliphatic rings. The van der Waals surface area contributed by atoms with Crippen LogP contribution in [0.2, 0.25) is 0 Å². The number of carbonyl (C=O) groups is 1. The summed E-state index contributed by atoms with van der Waals surface area (Å²) in [5.74, 6) is 0.877. The Hall–Kier alpha value is -1.56. The smallest absolute Gasteiger partial charge is 0.407 e. The lowest BCUT2D eigenvalue weighted by Crippen LogP contribution is -2.39. The maximum Gasteiger partial charge on any atom is 0.407 e. The van der Waals surface area contributed by atoms with E-state index in [2.05, 4.69) is 34.0 Å². The monoisotopic (exact) mass is 324 g/mol. The molecule has 1 unspecified atom stereocenters. The van der Waals surface area contributed by atoms with E-state index >= 15 is 0 Å². The van der Waals surface area contributed by atoms with Crippen LogP contribution in [0, 0.1) is 11.8 Å². The maximum atomic E-state index is 11.7. The van der Waals surface area contributed by atoms with Gasteiger partial charge in [0.1, 0.15) is 5.60 Å². The highest BCUT2D eigenvalue weighted by Crippen LogP contribution is 2.10. The van der Waals surface area contributed by atoms with Gasteiger partial charge in [0.15, 0.2) is 0 Å². The van der Waals surface area contributed by atoms with Crippen molar-refractivity contribution in [2.24, 2.45) is 11.8 Å². The second kappa shape index (κ2) is 9.55. The minimum Gasteiger partial charge on any atom is -0.444 e. The fraction of sp³-hybridized carbons (Fsp3) is 0.765. The molecule has 1 aromatic heterocycles. The van der Waals surface area contributed by atoms with E-state index in [-0.39, 0.29) is 6.09 Å². The molecule has 1 heterocycles. The summed E-state index contributed by atoms with van der Waals surface area (Å²) in [6.07, 6.45) is 6.32. The zero-order valence-electron chi connectivity index (χ0n) is 15.1. The van der Waals surface area contributed by atoms with Crippen LogP contribution in [-0.2, 0) is 11.3 Å². The summed E-state index contributed by atoms with van der Waals surface area (Å²) in [6.45, 7) is 13.4. The third-order valence-corrected chi connectivity index (χ3v) is 3.59. The third-order valence-electron chi connectivity index (χ3n) is 3.59. The summed E-state index contributed by atoms with van der Waals surface area (Å²) in [5, 5.41) is 6.35. The van der Waals surface area contributed by atoms with Crippen LogP contribution >= 0.6 is 0 Å². The molecule has 2 N–H and O–H groups in total. The van der Waals surface area contributed by atoms with Gasteiger partial charge in [-0.2, -0.15) is 0 Å². The molecule has 0 fully saturated rings. The molecule has 0 spiro atoms. The van der Waals surface area contributed by atoms with Crippen LogP contribution in [0.3, 0.4) is 0 Å². The number of ether oxygens (including phenoxy) is 1. The number of aryl methyl sites for hydroxylation is 1. The van der Waals surface area contributed by atoms with Crippen LogP contribution in [0.5, 0.6) is 0 Å². The van der Waals surface area contributed by atoms with Crippen molar-refractivity contribution in [3.63, 3.8) is 0 Å². The van der Waals surface area contributed by atoms with E-state index in [0.717, 1.165) is 26.1 Å². The average molecular weight is 324 g/mol. The summed E-state index contributed by atoms with van der Waals surface area (Å²) < 4.78 is 7.35. The molecule has 0 aromatic carbocycles. The highest BCUT2D eigenvalue weighted by molar-refractivity contribution is 5.67. The number of imidazole rings is 1. The second-order valence-electron chi connectivity index (χ2n) is 7.25. The number of hydrogen-bond donors (Lipinski definition) is 2. The number of alkyl carbamates (subject to hydrolysis) is 1. The predicted octanol–water partition coefficient (Wildman–Crippen LogP) is 2.66. The van der Waals surface area contributed by atoms with Gasteiger partial charge in [-0.05, 0) is 52.1 Å². The van der Waals surface area contributed by atoms with Gasteiger partial charge in [-0.1, -0.05) is 13.8 Å². The summed E-state index contributed by atoms with van der Waals surface area (Å²) in [4.78, 5) is 15.8. The first-order valence-electron chi connectivity index (χ1n) is 8.41. The molecular formula is C17H32N4O2. The summed E-state index contributed by atoms with van der Waals surface area (Å²) in [5.41, 5.74) is -0.455. The Labute approximate surface area is 140 Å². The standard InChI is InChI=1S/C17H32N4O2/c1-14(2)15(12-20-16(22)23-17(3,4)5)11-18-7-6-9-21-10-8-19-13-21/h8,10,13-15,18H,6-7,9,11-12H2,1-5H3,(H,20,22). The predicted molar refractivity (Wildman–Crippen MR) is 92.3 cm³/mol. The van der Waals surface area contributed by atoms with Crippen molar-refractivity contribution in [2.75, 3.05) is 19.6 Å². The minimum absolute atomic E-state index is 0.344. The van der Waals surface area contributed by atoms with Gasteiger partial charge in [0.2, 0.25) is 0 Å². The van der Waals surface area contributed by atoms with Crippen molar-refractivity contribution in [3.05, 3.63) is 18.7 Å². The van der Waals surface area contributed by atoms with Crippen LogP contribution in [-0.4, -0.2) is 40.9 Å². The molecule has 1 atom stereocenters. The van der Waals surface area contributed by atoms with E-state index in [1.165, 1.54) is 0 Å². The van der Waals surface area contributed by atoms with Crippen molar-refractivity contribution in [1.82, 2.24) is 20.2 Å². The fourth-order valence-corrected chi connectivity index (χ4v) is 2.17. The van der Waals surface area contributed by atoms with Crippen LogP contribution in [0.1, 0.15) is 41.0 Å². The Bertz CT molecular complexity index is 438. The Morgan fingerprint density at radius 3 is 2.61 bits per heavy atom. The van der Waals surface area contributed by atoms with E-state index < -0.39 is 5.60 Å². The summed E-state index contributed by atoms with van der Waals surface area (Å²) in [6, 6.07) is 0. The molecule has 0 aliphatic carbocycles. The Balaban J connectivity index is 2.20. The van der Waals surface area contributed by atoms with Crippen molar-refractivity contribution in [3.8, 4) is 0 Å². The largest absolute Gasteiger partial charge is 0.444 e. The van der Waals surface area contributed by atoms with E-state index in [1.54, 1.807) is 6.20 Å². The van der Waals surface area contributed by atoms with Gasteiger partial charge in [-0.25, -0.2) is 9.78 Å². The summed E-state index contributed by atoms with van der Waals surface area (Å²) in [7, 11) is 0. The lowest BCUT2D eigenvalue weighted by atomic mass is 9.96. The Morgan fingerprint density at radius 1 is 1.30 bits per heavy atom. The molecule has 23 heavy (non-hydrogen) atoms. The van der Waals surface area contributed by atoms with Gasteiger partial charge in [-0.15, -0.1) is 0 Å². The molecule has 1 amide bonds. The molecule has 6 heteroatoms. The van der Waals surface area contributed by atoms with Gasteiger partial charge < -0.3 is 19.9 Å². The number of hydrogen-bond acceptors (Lipinski definition) is 4. The fourth-order valence-electron chi connectivity index (χ4n) is 2.17. The lowest BCUT2D eigenvalue weighted by molar-refractivity contribution is 0.0515. The second-order valence-corrected chi connectivity index (χ2v) is 7.25. The number of nitrogens with zero attached hydrogens (tertiary/aromatic N) is 2. The zero-order valence-corrected chi connectivity index (χ0v) is 15.1. The SMILES string of the molecule is CC(C)C(CNCCCn1ccnc1)CNC(=O)OC(C)(C)C. The zero-order chi connectivity index (χ0) is 17.3. The molecule has 0 saturated carbocycles. The molecule has 6 nitrogen and oxygen atoms in total. The van der Waals surface area contributed by atoms with Crippen LogP contribution in [0.25, 0.3) is 0 Å². The molecule has 132 valence electrons. The molecule has 0 bridgehead atoms. The van der Waals surface area contributed by atoms with Crippen LogP contribution in [0.4, 0.5) is 4.79 Å². The first kappa shape index (κ1) is 19.5. The van der Waals surface area contributed by atoms with E-state index in [1.807, 2.05) is 33.3 Å². The first-order valence-corrected chi connectivity index (χ1v) is 8.41. The van der Waals surface area contributed by atoms with Crippen molar-refractivity contribution >= 4 is 6.09 Å². The topological polar surface area (TPSA) is 68.2 Å². The number of amides is 1. The van der Waals surface area contributed by atoms with E-state index in [9.17, 15) is 4.79 Å². The lowest BCUT2D eigenvalue weighted by Gasteiger charge is -2.24. The van der Waals surface area contributed by atoms with Gasteiger partial charge in [0, 0.05) is 25.5 Å². The Morgan fingerprint density at radius 2 is 2.04 bits per heavy atom. The quantitative estimate of drug-likeness (QED) is 0.685. The van der Waals surface area contributed by atoms with E-state index in [4.69, 9.17) is 4.74 Å². The normalized spacial score (nSPS) is 13.1. The minimum atomic E-state index is -0.455. The summed E-state index contributed by atoms with van der Waals surface area (Å²) >= 11 is 0. The van der Waals surface area contributed by atoms with Gasteiger partial charge in [0.25, 0.3) is 0 Å². The third kappa shape index (κ3) is 9.23. The van der Waals surface area contributed by atoms with Crippen molar-refractivity contribution in [1.29, 1.82) is 0 Å².